The minimum Gasteiger partial charge on any atom is -0.363 e. The van der Waals surface area contributed by atoms with Gasteiger partial charge in [0.05, 0.1) is 6.34 Å². The number of hydrogen-bond acceptors (Lipinski definition) is 2. The minimum absolute atomic E-state index is 0.718. The summed E-state index contributed by atoms with van der Waals surface area (Å²) in [5.74, 6) is 1.68. The van der Waals surface area contributed by atoms with Crippen molar-refractivity contribution in [3.8, 4) is 0 Å². The molecular weight excluding hydrogens is 132 g/mol. The van der Waals surface area contributed by atoms with E-state index < -0.39 is 0 Å². The van der Waals surface area contributed by atoms with Gasteiger partial charge < -0.3 is 4.90 Å². The third-order valence-corrected chi connectivity index (χ3v) is 2.27. The van der Waals surface area contributed by atoms with E-state index >= 15 is 0 Å². The molecule has 0 aromatic carbocycles. The van der Waals surface area contributed by atoms with E-state index in [4.69, 9.17) is 5.41 Å². The molecule has 1 fully saturated rings. The summed E-state index contributed by atoms with van der Waals surface area (Å²) in [6, 6.07) is 0. The topological polar surface area (TPSA) is 27.1 Å². The molecule has 1 aliphatic heterocycles. The second kappa shape index (κ2) is 3.11. The predicted octanol–water partition coefficient (Wildman–Crippen LogP) is 0.845. The lowest BCUT2D eigenvalue weighted by molar-refractivity contribution is 0.508. The van der Waals surface area contributed by atoms with Gasteiger partial charge in [-0.25, -0.2) is 0 Å². The van der Waals surface area contributed by atoms with Crippen LogP contribution in [0.1, 0.15) is 6.42 Å². The summed E-state index contributed by atoms with van der Waals surface area (Å²) < 4.78 is 0. The van der Waals surface area contributed by atoms with E-state index in [2.05, 4.69) is 12.6 Å². The van der Waals surface area contributed by atoms with Crippen LogP contribution in [0.4, 0.5) is 0 Å². The molecule has 2 nitrogen and oxygen atoms in total. The smallest absolute Gasteiger partial charge is 0.0817 e. The fourth-order valence-corrected chi connectivity index (χ4v) is 1.43. The molecule has 1 heterocycles. The molecule has 3 heteroatoms. The normalized spacial score (nSPS) is 26.8. The van der Waals surface area contributed by atoms with Crippen LogP contribution >= 0.6 is 12.6 Å². The molecule has 0 saturated carbocycles. The molecule has 0 aromatic heterocycles. The number of nitrogens with one attached hydrogen (secondary N) is 1. The summed E-state index contributed by atoms with van der Waals surface area (Å²) in [7, 11) is 0. The van der Waals surface area contributed by atoms with Crippen LogP contribution in [0.15, 0.2) is 0 Å². The van der Waals surface area contributed by atoms with Crippen LogP contribution in [0.3, 0.4) is 0 Å². The van der Waals surface area contributed by atoms with Gasteiger partial charge in [-0.3, -0.25) is 5.41 Å². The number of thiol groups is 1. The van der Waals surface area contributed by atoms with Crippen molar-refractivity contribution in [2.45, 2.75) is 6.42 Å². The SMILES string of the molecule is N=CN1CCC(CS)C1. The zero-order valence-corrected chi connectivity index (χ0v) is 6.27. The Morgan fingerprint density at radius 3 is 2.89 bits per heavy atom. The summed E-state index contributed by atoms with van der Waals surface area (Å²) in [6.07, 6.45) is 2.63. The Balaban J connectivity index is 2.28. The van der Waals surface area contributed by atoms with Crippen molar-refractivity contribution >= 4 is 19.0 Å². The number of nitrogens with zero attached hydrogens (tertiary/aromatic N) is 1. The molecular formula is C6H12N2S. The van der Waals surface area contributed by atoms with Gasteiger partial charge in [0.2, 0.25) is 0 Å². The Morgan fingerprint density at radius 2 is 2.56 bits per heavy atom. The third-order valence-electron chi connectivity index (χ3n) is 1.76. The zero-order valence-electron chi connectivity index (χ0n) is 5.38. The lowest BCUT2D eigenvalue weighted by Crippen LogP contribution is -2.17. The Hall–Kier alpha value is -0.180. The first-order valence-corrected chi connectivity index (χ1v) is 3.85. The maximum absolute atomic E-state index is 6.94. The van der Waals surface area contributed by atoms with Crippen LogP contribution < -0.4 is 0 Å². The van der Waals surface area contributed by atoms with Gasteiger partial charge in [-0.05, 0) is 18.1 Å². The second-order valence-electron chi connectivity index (χ2n) is 2.46. The molecule has 0 spiro atoms. The average Bonchev–Trinajstić information content (AvgIpc) is 2.34. The quantitative estimate of drug-likeness (QED) is 0.335. The van der Waals surface area contributed by atoms with Crippen LogP contribution in [-0.2, 0) is 0 Å². The van der Waals surface area contributed by atoms with Gasteiger partial charge in [-0.15, -0.1) is 0 Å². The first-order valence-electron chi connectivity index (χ1n) is 3.22. The molecule has 1 unspecified atom stereocenters. The fourth-order valence-electron chi connectivity index (χ4n) is 1.13. The van der Waals surface area contributed by atoms with E-state index in [0.717, 1.165) is 24.8 Å². The van der Waals surface area contributed by atoms with E-state index in [1.807, 2.05) is 4.90 Å². The summed E-state index contributed by atoms with van der Waals surface area (Å²) in [5, 5.41) is 6.94. The van der Waals surface area contributed by atoms with Gasteiger partial charge in [-0.2, -0.15) is 12.6 Å². The van der Waals surface area contributed by atoms with E-state index in [-0.39, 0.29) is 0 Å². The molecule has 0 radical (unpaired) electrons. The van der Waals surface area contributed by atoms with Crippen LogP contribution in [0.2, 0.25) is 0 Å². The first-order chi connectivity index (χ1) is 4.36. The van der Waals surface area contributed by atoms with E-state index in [1.54, 1.807) is 0 Å². The van der Waals surface area contributed by atoms with Crippen LogP contribution in [-0.4, -0.2) is 30.1 Å². The highest BCUT2D eigenvalue weighted by Crippen LogP contribution is 2.14. The molecule has 52 valence electrons. The highest BCUT2D eigenvalue weighted by Gasteiger charge is 2.17. The molecule has 9 heavy (non-hydrogen) atoms. The van der Waals surface area contributed by atoms with Crippen LogP contribution in [0.5, 0.6) is 0 Å². The Labute approximate surface area is 61.2 Å². The maximum atomic E-state index is 6.94. The van der Waals surface area contributed by atoms with Crippen molar-refractivity contribution in [2.24, 2.45) is 5.92 Å². The molecule has 0 aliphatic carbocycles. The number of rotatable bonds is 2. The Bertz CT molecular complexity index is 105. The van der Waals surface area contributed by atoms with Crippen molar-refractivity contribution in [1.82, 2.24) is 4.90 Å². The van der Waals surface area contributed by atoms with Gasteiger partial charge in [-0.1, -0.05) is 0 Å². The molecule has 0 amide bonds. The third kappa shape index (κ3) is 1.61. The fraction of sp³-hybridized carbons (Fsp3) is 0.833. The number of hydrogen-bond donors (Lipinski definition) is 2. The van der Waals surface area contributed by atoms with Crippen LogP contribution in [0.25, 0.3) is 0 Å². The van der Waals surface area contributed by atoms with Gasteiger partial charge >= 0.3 is 0 Å². The molecule has 1 N–H and O–H groups in total. The molecule has 1 atom stereocenters. The summed E-state index contributed by atoms with van der Waals surface area (Å²) >= 11 is 4.19. The van der Waals surface area contributed by atoms with E-state index in [9.17, 15) is 0 Å². The van der Waals surface area contributed by atoms with E-state index in [0.29, 0.717) is 0 Å². The largest absolute Gasteiger partial charge is 0.363 e. The highest BCUT2D eigenvalue weighted by molar-refractivity contribution is 7.80. The summed E-state index contributed by atoms with van der Waals surface area (Å²) in [6.45, 7) is 2.09. The van der Waals surface area contributed by atoms with Crippen LogP contribution in [0, 0.1) is 11.3 Å². The molecule has 1 saturated heterocycles. The average molecular weight is 144 g/mol. The molecule has 1 aliphatic rings. The summed E-state index contributed by atoms with van der Waals surface area (Å²) in [5.41, 5.74) is 0. The maximum Gasteiger partial charge on any atom is 0.0817 e. The Morgan fingerprint density at radius 1 is 1.78 bits per heavy atom. The Kier molecular flexibility index (Phi) is 2.39. The van der Waals surface area contributed by atoms with Crippen molar-refractivity contribution in [3.05, 3.63) is 0 Å². The van der Waals surface area contributed by atoms with Gasteiger partial charge in [0, 0.05) is 13.1 Å². The highest BCUT2D eigenvalue weighted by atomic mass is 32.1. The van der Waals surface area contributed by atoms with Gasteiger partial charge in [0.15, 0.2) is 0 Å². The first kappa shape index (κ1) is 6.93. The zero-order chi connectivity index (χ0) is 6.69. The van der Waals surface area contributed by atoms with Crippen molar-refractivity contribution in [3.63, 3.8) is 0 Å². The van der Waals surface area contributed by atoms with Crippen molar-refractivity contribution in [1.29, 1.82) is 5.41 Å². The van der Waals surface area contributed by atoms with E-state index in [1.165, 1.54) is 12.8 Å². The van der Waals surface area contributed by atoms with Crippen molar-refractivity contribution < 1.29 is 0 Å². The second-order valence-corrected chi connectivity index (χ2v) is 2.83. The summed E-state index contributed by atoms with van der Waals surface area (Å²) in [4.78, 5) is 2.03. The minimum atomic E-state index is 0.718. The van der Waals surface area contributed by atoms with Gasteiger partial charge in [0.25, 0.3) is 0 Å². The van der Waals surface area contributed by atoms with Gasteiger partial charge in [0.1, 0.15) is 0 Å². The molecule has 0 bridgehead atoms. The molecule has 1 rings (SSSR count). The lowest BCUT2D eigenvalue weighted by atomic mass is 10.2. The number of likely N-dealkylation sites (tertiary alicyclic amines) is 1. The molecule has 0 aromatic rings. The standard InChI is InChI=1S/C6H12N2S/c7-5-8-2-1-6(3-8)4-9/h5-7,9H,1-4H2. The van der Waals surface area contributed by atoms with Crippen molar-refractivity contribution in [2.75, 3.05) is 18.8 Å². The lowest BCUT2D eigenvalue weighted by Gasteiger charge is -2.08. The monoisotopic (exact) mass is 144 g/mol. The predicted molar refractivity (Wildman–Crippen MR) is 42.3 cm³/mol.